The van der Waals surface area contributed by atoms with Gasteiger partial charge in [0.15, 0.2) is 0 Å². The number of methoxy groups -OCH3 is 1. The number of amides is 1. The summed E-state index contributed by atoms with van der Waals surface area (Å²) in [7, 11) is 1.54. The molecular weight excluding hydrogens is 266 g/mol. The molecule has 2 heterocycles. The second kappa shape index (κ2) is 5.21. The van der Waals surface area contributed by atoms with Crippen molar-refractivity contribution in [2.75, 3.05) is 20.2 Å². The van der Waals surface area contributed by atoms with Crippen molar-refractivity contribution in [3.63, 3.8) is 0 Å². The molecule has 1 amide bonds. The van der Waals surface area contributed by atoms with Crippen LogP contribution in [0.25, 0.3) is 0 Å². The Kier molecular flexibility index (Phi) is 3.80. The van der Waals surface area contributed by atoms with Gasteiger partial charge in [-0.3, -0.25) is 9.59 Å². The van der Waals surface area contributed by atoms with E-state index < -0.39 is 11.4 Å². The molecule has 19 heavy (non-hydrogen) atoms. The van der Waals surface area contributed by atoms with Crippen LogP contribution < -0.4 is 4.74 Å². The first-order chi connectivity index (χ1) is 8.98. The molecule has 2 rings (SSSR count). The van der Waals surface area contributed by atoms with Crippen LogP contribution in [-0.4, -0.2) is 42.1 Å². The Labute approximate surface area is 115 Å². The molecule has 1 aromatic rings. The minimum atomic E-state index is -0.784. The topological polar surface area (TPSA) is 66.8 Å². The van der Waals surface area contributed by atoms with Crippen molar-refractivity contribution in [2.45, 2.75) is 19.8 Å². The molecule has 0 unspecified atom stereocenters. The summed E-state index contributed by atoms with van der Waals surface area (Å²) in [5.74, 6) is -0.269. The van der Waals surface area contributed by atoms with Crippen LogP contribution in [0.5, 0.6) is 5.75 Å². The van der Waals surface area contributed by atoms with Crippen LogP contribution >= 0.6 is 11.3 Å². The summed E-state index contributed by atoms with van der Waals surface area (Å²) in [4.78, 5) is 25.8. The summed E-state index contributed by atoms with van der Waals surface area (Å²) < 4.78 is 5.15. The number of hydrogen-bond donors (Lipinski definition) is 1. The molecule has 1 aliphatic heterocycles. The molecule has 104 valence electrons. The Bertz CT molecular complexity index is 489. The van der Waals surface area contributed by atoms with Crippen molar-refractivity contribution >= 4 is 23.2 Å². The number of carbonyl (C=O) groups is 2. The quantitative estimate of drug-likeness (QED) is 0.922. The molecule has 0 spiro atoms. The Balaban J connectivity index is 2.06. The summed E-state index contributed by atoms with van der Waals surface area (Å²) in [6.07, 6.45) is 0.976. The van der Waals surface area contributed by atoms with Crippen molar-refractivity contribution in [1.82, 2.24) is 4.90 Å². The molecule has 1 N–H and O–H groups in total. The largest absolute Gasteiger partial charge is 0.495 e. The van der Waals surface area contributed by atoms with Crippen molar-refractivity contribution in [1.29, 1.82) is 0 Å². The van der Waals surface area contributed by atoms with E-state index >= 15 is 0 Å². The maximum Gasteiger partial charge on any atom is 0.309 e. The third-order valence-electron chi connectivity index (χ3n) is 3.71. The minimum absolute atomic E-state index is 0.0701. The zero-order chi connectivity index (χ0) is 14.0. The number of rotatable bonds is 3. The zero-order valence-electron chi connectivity index (χ0n) is 11.0. The molecule has 1 aromatic heterocycles. The third kappa shape index (κ3) is 2.58. The molecule has 0 bridgehead atoms. The Morgan fingerprint density at radius 2 is 2.05 bits per heavy atom. The van der Waals surface area contributed by atoms with Gasteiger partial charge in [0.1, 0.15) is 10.6 Å². The lowest BCUT2D eigenvalue weighted by atomic mass is 9.80. The van der Waals surface area contributed by atoms with Gasteiger partial charge >= 0.3 is 5.97 Å². The van der Waals surface area contributed by atoms with E-state index in [9.17, 15) is 9.59 Å². The molecule has 1 aliphatic rings. The van der Waals surface area contributed by atoms with Crippen LogP contribution in [-0.2, 0) is 4.79 Å². The summed E-state index contributed by atoms with van der Waals surface area (Å²) in [5.41, 5.74) is -0.712. The molecule has 0 aromatic carbocycles. The molecule has 5 nitrogen and oxygen atoms in total. The second-order valence-corrected chi connectivity index (χ2v) is 5.89. The number of piperidine rings is 1. The number of carbonyl (C=O) groups excluding carboxylic acids is 1. The van der Waals surface area contributed by atoms with Gasteiger partial charge in [-0.1, -0.05) is 0 Å². The van der Waals surface area contributed by atoms with Gasteiger partial charge in [0.05, 0.1) is 12.5 Å². The van der Waals surface area contributed by atoms with Gasteiger partial charge in [-0.05, 0) is 31.2 Å². The van der Waals surface area contributed by atoms with E-state index in [1.807, 2.05) is 5.38 Å². The van der Waals surface area contributed by atoms with Gasteiger partial charge in [0.2, 0.25) is 0 Å². The lowest BCUT2D eigenvalue weighted by Crippen LogP contribution is -2.45. The van der Waals surface area contributed by atoms with E-state index in [0.717, 1.165) is 0 Å². The van der Waals surface area contributed by atoms with Gasteiger partial charge < -0.3 is 14.7 Å². The number of thiophene rings is 1. The van der Waals surface area contributed by atoms with Crippen LogP contribution in [0, 0.1) is 5.41 Å². The van der Waals surface area contributed by atoms with Gasteiger partial charge in [0.25, 0.3) is 5.91 Å². The normalized spacial score (nSPS) is 18.1. The highest BCUT2D eigenvalue weighted by atomic mass is 32.1. The van der Waals surface area contributed by atoms with E-state index in [-0.39, 0.29) is 5.91 Å². The lowest BCUT2D eigenvalue weighted by molar-refractivity contribution is -0.150. The Morgan fingerprint density at radius 3 is 2.58 bits per heavy atom. The first-order valence-electron chi connectivity index (χ1n) is 6.12. The van der Waals surface area contributed by atoms with Crippen molar-refractivity contribution in [2.24, 2.45) is 5.41 Å². The monoisotopic (exact) mass is 283 g/mol. The highest BCUT2D eigenvalue weighted by molar-refractivity contribution is 7.12. The average molecular weight is 283 g/mol. The fraction of sp³-hybridized carbons (Fsp3) is 0.538. The van der Waals surface area contributed by atoms with E-state index in [4.69, 9.17) is 9.84 Å². The molecule has 0 radical (unpaired) electrons. The average Bonchev–Trinajstić information content (AvgIpc) is 2.87. The summed E-state index contributed by atoms with van der Waals surface area (Å²) in [5, 5.41) is 11.0. The highest BCUT2D eigenvalue weighted by Crippen LogP contribution is 2.33. The predicted octanol–water partition coefficient (Wildman–Crippen LogP) is 2.08. The fourth-order valence-electron chi connectivity index (χ4n) is 2.17. The maximum absolute atomic E-state index is 12.3. The van der Waals surface area contributed by atoms with Gasteiger partial charge in [-0.15, -0.1) is 11.3 Å². The SMILES string of the molecule is COc1ccsc1C(=O)N1CCC(C)(C(=O)O)CC1. The Morgan fingerprint density at radius 1 is 1.42 bits per heavy atom. The predicted molar refractivity (Wildman–Crippen MR) is 71.8 cm³/mol. The van der Waals surface area contributed by atoms with Crippen LogP contribution in [0.2, 0.25) is 0 Å². The first-order valence-corrected chi connectivity index (χ1v) is 7.00. The van der Waals surface area contributed by atoms with E-state index in [0.29, 0.717) is 36.6 Å². The van der Waals surface area contributed by atoms with Crippen LogP contribution in [0.15, 0.2) is 11.4 Å². The molecule has 1 fully saturated rings. The third-order valence-corrected chi connectivity index (χ3v) is 4.60. The molecule has 0 aliphatic carbocycles. The number of hydrogen-bond acceptors (Lipinski definition) is 4. The second-order valence-electron chi connectivity index (χ2n) is 4.98. The summed E-state index contributed by atoms with van der Waals surface area (Å²) >= 11 is 1.35. The van der Waals surface area contributed by atoms with Crippen molar-refractivity contribution in [3.05, 3.63) is 16.3 Å². The van der Waals surface area contributed by atoms with Crippen LogP contribution in [0.3, 0.4) is 0 Å². The number of carboxylic acid groups (broad SMARTS) is 1. The standard InChI is InChI=1S/C13H17NO4S/c1-13(12(16)17)4-6-14(7-5-13)11(15)10-9(18-2)3-8-19-10/h3,8H,4-7H2,1-2H3,(H,16,17). The molecule has 0 atom stereocenters. The smallest absolute Gasteiger partial charge is 0.309 e. The highest BCUT2D eigenvalue weighted by Gasteiger charge is 2.38. The fourth-order valence-corrected chi connectivity index (χ4v) is 3.00. The van der Waals surface area contributed by atoms with E-state index in [1.165, 1.54) is 18.4 Å². The number of likely N-dealkylation sites (tertiary alicyclic amines) is 1. The van der Waals surface area contributed by atoms with Crippen molar-refractivity contribution < 1.29 is 19.4 Å². The van der Waals surface area contributed by atoms with Gasteiger partial charge in [-0.2, -0.15) is 0 Å². The Hall–Kier alpha value is -1.56. The molecular formula is C13H17NO4S. The number of nitrogens with zero attached hydrogens (tertiary/aromatic N) is 1. The van der Waals surface area contributed by atoms with Gasteiger partial charge in [0, 0.05) is 13.1 Å². The van der Waals surface area contributed by atoms with Crippen LogP contribution in [0.1, 0.15) is 29.4 Å². The van der Waals surface area contributed by atoms with E-state index in [1.54, 1.807) is 17.9 Å². The minimum Gasteiger partial charge on any atom is -0.495 e. The first kappa shape index (κ1) is 13.9. The molecule has 6 heteroatoms. The number of aliphatic carboxylic acids is 1. The molecule has 1 saturated heterocycles. The zero-order valence-corrected chi connectivity index (χ0v) is 11.8. The number of carboxylic acids is 1. The summed E-state index contributed by atoms with van der Waals surface area (Å²) in [6.45, 7) is 2.69. The van der Waals surface area contributed by atoms with Crippen molar-refractivity contribution in [3.8, 4) is 5.75 Å². The number of ether oxygens (including phenoxy) is 1. The van der Waals surface area contributed by atoms with Gasteiger partial charge in [-0.25, -0.2) is 0 Å². The lowest BCUT2D eigenvalue weighted by Gasteiger charge is -2.36. The van der Waals surface area contributed by atoms with E-state index in [2.05, 4.69) is 0 Å². The van der Waals surface area contributed by atoms with Crippen LogP contribution in [0.4, 0.5) is 0 Å². The summed E-state index contributed by atoms with van der Waals surface area (Å²) in [6, 6.07) is 1.77. The maximum atomic E-state index is 12.3. The molecule has 0 saturated carbocycles.